The standard InChI is InChI=1S/C23H40O4/c1-6-8-17(9-7-2)21(24)26-22-16(5)19-12-10-14(3)18-13-11-15(4)25-23(27-22)20(18)19/h14-20,22-23H,6-13H2,1-5H3/t14-,15+,16-,18+,19?,20?,22?,23+/m1/s1. The molecule has 1 saturated carbocycles. The Morgan fingerprint density at radius 2 is 1.63 bits per heavy atom. The van der Waals surface area contributed by atoms with Crippen LogP contribution >= 0.6 is 0 Å². The van der Waals surface area contributed by atoms with Crippen LogP contribution in [0, 0.1) is 35.5 Å². The predicted molar refractivity (Wildman–Crippen MR) is 106 cm³/mol. The van der Waals surface area contributed by atoms with Gasteiger partial charge in [-0.3, -0.25) is 4.79 Å². The van der Waals surface area contributed by atoms with Gasteiger partial charge in [-0.15, -0.1) is 0 Å². The second-order valence-corrected chi connectivity index (χ2v) is 9.43. The van der Waals surface area contributed by atoms with E-state index in [0.717, 1.165) is 38.0 Å². The monoisotopic (exact) mass is 380 g/mol. The highest BCUT2D eigenvalue weighted by Gasteiger charge is 2.53. The van der Waals surface area contributed by atoms with Crippen molar-refractivity contribution in [2.45, 2.75) is 105 Å². The third-order valence-corrected chi connectivity index (χ3v) is 7.48. The van der Waals surface area contributed by atoms with E-state index in [2.05, 4.69) is 34.6 Å². The normalized spacial score (nSPS) is 41.7. The van der Waals surface area contributed by atoms with E-state index in [1.807, 2.05) is 0 Å². The summed E-state index contributed by atoms with van der Waals surface area (Å²) in [6, 6.07) is 0. The lowest BCUT2D eigenvalue weighted by molar-refractivity contribution is -0.326. The molecule has 156 valence electrons. The van der Waals surface area contributed by atoms with Crippen molar-refractivity contribution in [3.05, 3.63) is 0 Å². The molecule has 27 heavy (non-hydrogen) atoms. The quantitative estimate of drug-likeness (QED) is 0.567. The molecule has 3 aliphatic rings. The first-order valence-electron chi connectivity index (χ1n) is 11.5. The smallest absolute Gasteiger partial charge is 0.311 e. The van der Waals surface area contributed by atoms with Gasteiger partial charge in [-0.2, -0.15) is 0 Å². The molecule has 2 heterocycles. The molecule has 8 atom stereocenters. The van der Waals surface area contributed by atoms with Gasteiger partial charge in [0.1, 0.15) is 0 Å². The van der Waals surface area contributed by atoms with Gasteiger partial charge in [-0.25, -0.2) is 0 Å². The Labute approximate surface area is 165 Å². The first-order chi connectivity index (χ1) is 13.0. The summed E-state index contributed by atoms with van der Waals surface area (Å²) in [4.78, 5) is 12.8. The lowest BCUT2D eigenvalue weighted by atomic mass is 9.61. The van der Waals surface area contributed by atoms with Crippen LogP contribution in [0.15, 0.2) is 0 Å². The third kappa shape index (κ3) is 4.53. The van der Waals surface area contributed by atoms with Gasteiger partial charge in [0.2, 0.25) is 6.29 Å². The summed E-state index contributed by atoms with van der Waals surface area (Å²) in [6.07, 6.45) is 8.15. The van der Waals surface area contributed by atoms with E-state index in [9.17, 15) is 4.79 Å². The third-order valence-electron chi connectivity index (χ3n) is 7.48. The Bertz CT molecular complexity index is 487. The molecule has 2 saturated heterocycles. The van der Waals surface area contributed by atoms with Gasteiger partial charge in [0.15, 0.2) is 6.29 Å². The van der Waals surface area contributed by atoms with Gasteiger partial charge in [0.25, 0.3) is 0 Å². The fourth-order valence-corrected chi connectivity index (χ4v) is 5.87. The van der Waals surface area contributed by atoms with E-state index in [1.54, 1.807) is 0 Å². The summed E-state index contributed by atoms with van der Waals surface area (Å²) in [5.74, 6) is 2.56. The van der Waals surface area contributed by atoms with Crippen molar-refractivity contribution in [1.82, 2.24) is 0 Å². The van der Waals surface area contributed by atoms with Crippen LogP contribution in [0.5, 0.6) is 0 Å². The minimum absolute atomic E-state index is 0.00151. The predicted octanol–water partition coefficient (Wildman–Crippen LogP) is 5.54. The first-order valence-corrected chi connectivity index (χ1v) is 11.5. The summed E-state index contributed by atoms with van der Waals surface area (Å²) in [6.45, 7) is 11.0. The van der Waals surface area contributed by atoms with Gasteiger partial charge in [-0.1, -0.05) is 47.0 Å². The SMILES string of the molecule is CCCC(CCC)C(=O)OC1O[C@@H]2O[C@@H](C)CC[C@@H]3C2C(CC[C@H]3C)[C@H]1C. The molecular formula is C23H40O4. The Kier molecular flexibility index (Phi) is 7.24. The topological polar surface area (TPSA) is 44.8 Å². The highest BCUT2D eigenvalue weighted by molar-refractivity contribution is 5.72. The first kappa shape index (κ1) is 21.1. The minimum atomic E-state index is -0.459. The van der Waals surface area contributed by atoms with Crippen molar-refractivity contribution in [3.63, 3.8) is 0 Å². The Balaban J connectivity index is 1.74. The zero-order chi connectivity index (χ0) is 19.6. The molecule has 0 aromatic carbocycles. The molecule has 0 amide bonds. The van der Waals surface area contributed by atoms with E-state index in [1.165, 1.54) is 19.3 Å². The minimum Gasteiger partial charge on any atom is -0.435 e. The van der Waals surface area contributed by atoms with E-state index < -0.39 is 6.29 Å². The molecule has 0 aromatic rings. The lowest BCUT2D eigenvalue weighted by Gasteiger charge is -2.51. The molecule has 4 heteroatoms. The second kappa shape index (κ2) is 9.26. The summed E-state index contributed by atoms with van der Waals surface area (Å²) in [7, 11) is 0. The molecule has 4 nitrogen and oxygen atoms in total. The number of carbonyl (C=O) groups is 1. The molecule has 3 fully saturated rings. The molecule has 2 aliphatic heterocycles. The Hall–Kier alpha value is -0.610. The van der Waals surface area contributed by atoms with Crippen LogP contribution in [-0.4, -0.2) is 24.7 Å². The summed E-state index contributed by atoms with van der Waals surface area (Å²) in [5, 5.41) is 0. The highest BCUT2D eigenvalue weighted by atomic mass is 16.8. The van der Waals surface area contributed by atoms with Crippen molar-refractivity contribution >= 4 is 5.97 Å². The van der Waals surface area contributed by atoms with Crippen LogP contribution in [0.1, 0.15) is 86.0 Å². The van der Waals surface area contributed by atoms with Crippen molar-refractivity contribution in [2.75, 3.05) is 0 Å². The van der Waals surface area contributed by atoms with Crippen LogP contribution in [0.4, 0.5) is 0 Å². The molecule has 0 radical (unpaired) electrons. The number of esters is 1. The van der Waals surface area contributed by atoms with Crippen molar-refractivity contribution in [3.8, 4) is 0 Å². The lowest BCUT2D eigenvalue weighted by Crippen LogP contribution is -2.54. The van der Waals surface area contributed by atoms with Gasteiger partial charge < -0.3 is 14.2 Å². The summed E-state index contributed by atoms with van der Waals surface area (Å²) < 4.78 is 18.6. The molecular weight excluding hydrogens is 340 g/mol. The van der Waals surface area contributed by atoms with Gasteiger partial charge >= 0.3 is 5.97 Å². The van der Waals surface area contributed by atoms with Crippen LogP contribution < -0.4 is 0 Å². The van der Waals surface area contributed by atoms with Crippen molar-refractivity contribution in [2.24, 2.45) is 35.5 Å². The highest BCUT2D eigenvalue weighted by Crippen LogP contribution is 2.52. The molecule has 3 rings (SSSR count). The number of carbonyl (C=O) groups excluding carboxylic acids is 1. The number of ether oxygens (including phenoxy) is 3. The summed E-state index contributed by atoms with van der Waals surface area (Å²) in [5.41, 5.74) is 0. The maximum atomic E-state index is 12.8. The zero-order valence-corrected chi connectivity index (χ0v) is 18.0. The van der Waals surface area contributed by atoms with Gasteiger partial charge in [0, 0.05) is 11.8 Å². The van der Waals surface area contributed by atoms with Crippen LogP contribution in [0.3, 0.4) is 0 Å². The second-order valence-electron chi connectivity index (χ2n) is 9.43. The largest absolute Gasteiger partial charge is 0.435 e. The maximum absolute atomic E-state index is 12.8. The van der Waals surface area contributed by atoms with E-state index in [4.69, 9.17) is 14.2 Å². The molecule has 0 N–H and O–H groups in total. The average Bonchev–Trinajstić information content (AvgIpc) is 2.80. The van der Waals surface area contributed by atoms with Crippen LogP contribution in [0.2, 0.25) is 0 Å². The van der Waals surface area contributed by atoms with Crippen molar-refractivity contribution in [1.29, 1.82) is 0 Å². The molecule has 0 spiro atoms. The fourth-order valence-electron chi connectivity index (χ4n) is 5.87. The van der Waals surface area contributed by atoms with Crippen LogP contribution in [0.25, 0.3) is 0 Å². The van der Waals surface area contributed by atoms with Crippen molar-refractivity contribution < 1.29 is 19.0 Å². The Morgan fingerprint density at radius 3 is 2.30 bits per heavy atom. The summed E-state index contributed by atoms with van der Waals surface area (Å²) >= 11 is 0. The molecule has 0 bridgehead atoms. The maximum Gasteiger partial charge on any atom is 0.311 e. The fraction of sp³-hybridized carbons (Fsp3) is 0.957. The molecule has 3 unspecified atom stereocenters. The zero-order valence-electron chi connectivity index (χ0n) is 18.0. The number of hydrogen-bond acceptors (Lipinski definition) is 4. The van der Waals surface area contributed by atoms with Gasteiger partial charge in [-0.05, 0) is 56.8 Å². The Morgan fingerprint density at radius 1 is 0.963 bits per heavy atom. The van der Waals surface area contributed by atoms with Crippen LogP contribution in [-0.2, 0) is 19.0 Å². The van der Waals surface area contributed by atoms with E-state index >= 15 is 0 Å². The number of rotatable bonds is 6. The molecule has 1 aliphatic carbocycles. The molecule has 0 aromatic heterocycles. The number of hydrogen-bond donors (Lipinski definition) is 0. The van der Waals surface area contributed by atoms with E-state index in [-0.39, 0.29) is 30.2 Å². The van der Waals surface area contributed by atoms with E-state index in [0.29, 0.717) is 17.8 Å². The average molecular weight is 381 g/mol. The van der Waals surface area contributed by atoms with Gasteiger partial charge in [0.05, 0.1) is 12.0 Å².